The van der Waals surface area contributed by atoms with Gasteiger partial charge in [-0.1, -0.05) is 109 Å². The maximum atomic E-state index is 12.9. The first-order chi connectivity index (χ1) is 23.4. The first kappa shape index (κ1) is 31.7. The zero-order valence-electron chi connectivity index (χ0n) is 26.9. The average molecular weight is 639 g/mol. The molecule has 2 heterocycles. The molecule has 2 amide bonds. The van der Waals surface area contributed by atoms with Crippen LogP contribution in [-0.4, -0.2) is 46.4 Å². The monoisotopic (exact) mass is 638 g/mol. The molecule has 0 unspecified atom stereocenters. The molecule has 0 spiro atoms. The number of aliphatic hydroxyl groups excluding tert-OH is 1. The maximum absolute atomic E-state index is 12.9. The second kappa shape index (κ2) is 14.1. The van der Waals surface area contributed by atoms with E-state index >= 15 is 0 Å². The molecule has 7 heteroatoms. The Balaban J connectivity index is 1.07. The summed E-state index contributed by atoms with van der Waals surface area (Å²) in [5.74, 6) is -0.518. The second-order valence-electron chi connectivity index (χ2n) is 12.6. The van der Waals surface area contributed by atoms with E-state index < -0.39 is 6.29 Å². The third kappa shape index (κ3) is 6.86. The Kier molecular flexibility index (Phi) is 9.27. The molecule has 1 N–H and O–H groups in total. The molecule has 0 bridgehead atoms. The molecule has 1 saturated heterocycles. The largest absolute Gasteiger partial charge is 0.392 e. The highest BCUT2D eigenvalue weighted by Gasteiger charge is 2.35. The Hall–Kier alpha value is -4.92. The Morgan fingerprint density at radius 1 is 0.688 bits per heavy atom. The number of hydrogen-bond donors (Lipinski definition) is 1. The molecule has 5 aromatic rings. The zero-order valence-corrected chi connectivity index (χ0v) is 26.9. The Morgan fingerprint density at radius 3 is 2.02 bits per heavy atom. The Morgan fingerprint density at radius 2 is 1.33 bits per heavy atom. The summed E-state index contributed by atoms with van der Waals surface area (Å²) in [5, 5.41) is 9.54. The fraction of sp³-hybridized carbons (Fsp3) is 0.220. The minimum atomic E-state index is -0.550. The van der Waals surface area contributed by atoms with Gasteiger partial charge in [0.05, 0.1) is 36.5 Å². The lowest BCUT2D eigenvalue weighted by Crippen LogP contribution is -2.37. The van der Waals surface area contributed by atoms with Gasteiger partial charge < -0.3 is 14.6 Å². The van der Waals surface area contributed by atoms with Crippen molar-refractivity contribution in [3.8, 4) is 11.1 Å². The number of hydrogen-bond acceptors (Lipinski definition) is 6. The molecule has 0 saturated carbocycles. The number of carbonyl (C=O) groups excluding carboxylic acids is 2. The van der Waals surface area contributed by atoms with Gasteiger partial charge in [0.25, 0.3) is 11.8 Å². The molecule has 7 rings (SSSR count). The topological polar surface area (TPSA) is 79.3 Å². The average Bonchev–Trinajstić information content (AvgIpc) is 3.36. The SMILES string of the molecule is CN(Cc1ccccc1)C[C@H]1C[C@@H](c2ccc(CO)cc2)O[C@@H](c2ccc(-c3cccc(CN4C(=O)c5ccccc5C4=O)c3)cc2)O1. The normalized spacial score (nSPS) is 19.1. The third-order valence-electron chi connectivity index (χ3n) is 9.09. The number of imide groups is 1. The number of likely N-dealkylation sites (N-methyl/N-ethyl adjacent to an activating group) is 1. The van der Waals surface area contributed by atoms with E-state index in [-0.39, 0.29) is 37.2 Å². The van der Waals surface area contributed by atoms with Gasteiger partial charge in [-0.05, 0) is 58.6 Å². The molecule has 2 aliphatic rings. The van der Waals surface area contributed by atoms with Crippen LogP contribution in [0.15, 0.2) is 127 Å². The summed E-state index contributed by atoms with van der Waals surface area (Å²) in [7, 11) is 2.11. The van der Waals surface area contributed by atoms with E-state index in [0.29, 0.717) is 17.5 Å². The number of nitrogens with zero attached hydrogens (tertiary/aromatic N) is 2. The van der Waals surface area contributed by atoms with E-state index in [1.165, 1.54) is 10.5 Å². The van der Waals surface area contributed by atoms with Crippen molar-refractivity contribution in [3.63, 3.8) is 0 Å². The zero-order chi connectivity index (χ0) is 33.0. The molecular weight excluding hydrogens is 600 g/mol. The molecule has 0 aliphatic carbocycles. The first-order valence-electron chi connectivity index (χ1n) is 16.3. The summed E-state index contributed by atoms with van der Waals surface area (Å²) in [5.41, 5.74) is 7.89. The number of benzene rings is 5. The molecule has 242 valence electrons. The predicted molar refractivity (Wildman–Crippen MR) is 184 cm³/mol. The second-order valence-corrected chi connectivity index (χ2v) is 12.6. The molecule has 5 aromatic carbocycles. The summed E-state index contributed by atoms with van der Waals surface area (Å²) in [6.07, 6.45) is -0.0549. The standard InChI is InChI=1S/C41H38N2O5/c1-42(24-28-8-3-2-4-9-28)26-35-23-38(32-16-14-29(27-44)15-17-32)48-41(47-35)33-20-18-31(19-21-33)34-11-7-10-30(22-34)25-43-39(45)36-12-5-6-13-37(36)40(43)46/h2-22,35,38,41,44H,23-27H2,1H3/t35-,38+,41+/m1/s1. The van der Waals surface area contributed by atoms with Gasteiger partial charge in [0.15, 0.2) is 6.29 Å². The van der Waals surface area contributed by atoms with Crippen LogP contribution in [0, 0.1) is 0 Å². The maximum Gasteiger partial charge on any atom is 0.261 e. The molecule has 0 aromatic heterocycles. The number of amides is 2. The van der Waals surface area contributed by atoms with Crippen molar-refractivity contribution in [2.24, 2.45) is 0 Å². The van der Waals surface area contributed by atoms with Gasteiger partial charge in [0, 0.05) is 25.1 Å². The van der Waals surface area contributed by atoms with Gasteiger partial charge in [-0.3, -0.25) is 19.4 Å². The third-order valence-corrected chi connectivity index (χ3v) is 9.09. The van der Waals surface area contributed by atoms with Crippen molar-refractivity contribution >= 4 is 11.8 Å². The summed E-state index contributed by atoms with van der Waals surface area (Å²) in [6.45, 7) is 1.78. The van der Waals surface area contributed by atoms with E-state index in [2.05, 4.69) is 48.3 Å². The van der Waals surface area contributed by atoms with Crippen LogP contribution in [0.3, 0.4) is 0 Å². The van der Waals surface area contributed by atoms with Crippen molar-refractivity contribution in [3.05, 3.63) is 166 Å². The van der Waals surface area contributed by atoms with E-state index in [4.69, 9.17) is 9.47 Å². The van der Waals surface area contributed by atoms with Crippen LogP contribution in [0.25, 0.3) is 11.1 Å². The van der Waals surface area contributed by atoms with Crippen LogP contribution in [0.4, 0.5) is 0 Å². The lowest BCUT2D eigenvalue weighted by Gasteiger charge is -2.38. The lowest BCUT2D eigenvalue weighted by molar-refractivity contribution is -0.252. The quantitative estimate of drug-likeness (QED) is 0.162. The number of rotatable bonds is 10. The summed E-state index contributed by atoms with van der Waals surface area (Å²) in [4.78, 5) is 29.5. The van der Waals surface area contributed by atoms with Crippen molar-refractivity contribution < 1.29 is 24.2 Å². The first-order valence-corrected chi connectivity index (χ1v) is 16.3. The minimum absolute atomic E-state index is 0.00245. The smallest absolute Gasteiger partial charge is 0.261 e. The molecule has 0 radical (unpaired) electrons. The molecule has 48 heavy (non-hydrogen) atoms. The summed E-state index contributed by atoms with van der Waals surface area (Å²) >= 11 is 0. The Labute approximate surface area is 281 Å². The highest BCUT2D eigenvalue weighted by molar-refractivity contribution is 6.21. The van der Waals surface area contributed by atoms with Gasteiger partial charge in [-0.15, -0.1) is 0 Å². The van der Waals surface area contributed by atoms with E-state index in [1.54, 1.807) is 24.3 Å². The van der Waals surface area contributed by atoms with Gasteiger partial charge in [-0.2, -0.15) is 0 Å². The minimum Gasteiger partial charge on any atom is -0.392 e. The highest BCUT2D eigenvalue weighted by Crippen LogP contribution is 2.39. The molecule has 3 atom stereocenters. The van der Waals surface area contributed by atoms with Crippen LogP contribution < -0.4 is 0 Å². The van der Waals surface area contributed by atoms with Gasteiger partial charge >= 0.3 is 0 Å². The van der Waals surface area contributed by atoms with Crippen molar-refractivity contribution in [2.75, 3.05) is 13.6 Å². The molecule has 2 aliphatic heterocycles. The van der Waals surface area contributed by atoms with Crippen molar-refractivity contribution in [2.45, 2.75) is 44.6 Å². The molecular formula is C41H38N2O5. The van der Waals surface area contributed by atoms with Crippen LogP contribution in [-0.2, 0) is 29.2 Å². The van der Waals surface area contributed by atoms with Crippen molar-refractivity contribution in [1.82, 2.24) is 9.80 Å². The van der Waals surface area contributed by atoms with Gasteiger partial charge in [-0.25, -0.2) is 0 Å². The van der Waals surface area contributed by atoms with Crippen LogP contribution >= 0.6 is 0 Å². The van der Waals surface area contributed by atoms with Crippen molar-refractivity contribution in [1.29, 1.82) is 0 Å². The van der Waals surface area contributed by atoms with Crippen LogP contribution in [0.5, 0.6) is 0 Å². The Bertz CT molecular complexity index is 1860. The van der Waals surface area contributed by atoms with Crippen LogP contribution in [0.1, 0.15) is 67.3 Å². The van der Waals surface area contributed by atoms with E-state index in [0.717, 1.165) is 46.5 Å². The van der Waals surface area contributed by atoms with Crippen LogP contribution in [0.2, 0.25) is 0 Å². The highest BCUT2D eigenvalue weighted by atomic mass is 16.7. The summed E-state index contributed by atoms with van der Waals surface area (Å²) < 4.78 is 13.2. The molecule has 1 fully saturated rings. The fourth-order valence-corrected chi connectivity index (χ4v) is 6.59. The van der Waals surface area contributed by atoms with Gasteiger partial charge in [0.1, 0.15) is 0 Å². The van der Waals surface area contributed by atoms with E-state index in [1.807, 2.05) is 66.7 Å². The fourth-order valence-electron chi connectivity index (χ4n) is 6.59. The summed E-state index contributed by atoms with van der Waals surface area (Å²) in [6, 6.07) is 41.5. The number of fused-ring (bicyclic) bond motifs is 1. The predicted octanol–water partition coefficient (Wildman–Crippen LogP) is 7.32. The number of carbonyl (C=O) groups is 2. The number of aliphatic hydroxyl groups is 1. The molecule has 7 nitrogen and oxygen atoms in total. The van der Waals surface area contributed by atoms with E-state index in [9.17, 15) is 14.7 Å². The lowest BCUT2D eigenvalue weighted by atomic mass is 9.99. The van der Waals surface area contributed by atoms with Gasteiger partial charge in [0.2, 0.25) is 0 Å². The number of ether oxygens (including phenoxy) is 2.